The van der Waals surface area contributed by atoms with Crippen LogP contribution in [0.3, 0.4) is 0 Å². The zero-order valence-corrected chi connectivity index (χ0v) is 30.3. The Bertz CT molecular complexity index is 2480. The van der Waals surface area contributed by atoms with Crippen LogP contribution in [-0.2, 0) is 41.2 Å². The summed E-state index contributed by atoms with van der Waals surface area (Å²) < 4.78 is 29.1. The standard InChI is InChI=1S/C44H40N6O2S/c1-53(51,52)39-23-13-15-33(27-39)28-42-47-48-43(29-34-30-45-41-25-12-11-24-40(34)41)50(42)26-14-22-38-31-49(32-46-38)44(35-16-5-2-6-17-35,36-18-7-3-8-19-36)37-20-9-4-10-21-37/h2-13,15-21,23-25,27,30-32,45H,14,22,26,28-29H2,1H3. The molecular formula is C44H40N6O2S. The Hall–Kier alpha value is -6.06. The number of rotatable bonds is 13. The number of sulfone groups is 1. The maximum atomic E-state index is 12.3. The van der Waals surface area contributed by atoms with Gasteiger partial charge in [-0.1, -0.05) is 121 Å². The molecule has 0 fully saturated rings. The summed E-state index contributed by atoms with van der Waals surface area (Å²) in [4.78, 5) is 8.66. The quantitative estimate of drug-likeness (QED) is 0.122. The Balaban J connectivity index is 1.11. The van der Waals surface area contributed by atoms with Crippen molar-refractivity contribution in [1.29, 1.82) is 0 Å². The van der Waals surface area contributed by atoms with Gasteiger partial charge < -0.3 is 14.1 Å². The van der Waals surface area contributed by atoms with Gasteiger partial charge in [-0.2, -0.15) is 0 Å². The molecule has 8 rings (SSSR count). The van der Waals surface area contributed by atoms with Crippen LogP contribution < -0.4 is 0 Å². The number of hydrogen-bond donors (Lipinski definition) is 1. The molecule has 0 radical (unpaired) electrons. The van der Waals surface area contributed by atoms with Crippen molar-refractivity contribution in [1.82, 2.24) is 29.3 Å². The Kier molecular flexibility index (Phi) is 9.33. The molecule has 0 bridgehead atoms. The van der Waals surface area contributed by atoms with E-state index in [1.54, 1.807) is 18.2 Å². The molecule has 3 heterocycles. The molecule has 0 aliphatic rings. The predicted molar refractivity (Wildman–Crippen MR) is 209 cm³/mol. The number of H-pyrrole nitrogens is 1. The van der Waals surface area contributed by atoms with Crippen molar-refractivity contribution >= 4 is 20.7 Å². The van der Waals surface area contributed by atoms with Gasteiger partial charge in [0, 0.05) is 48.9 Å². The number of imidazole rings is 1. The maximum Gasteiger partial charge on any atom is 0.175 e. The molecular weight excluding hydrogens is 677 g/mol. The van der Waals surface area contributed by atoms with Gasteiger partial charge in [0.15, 0.2) is 9.84 Å². The van der Waals surface area contributed by atoms with Crippen molar-refractivity contribution in [2.24, 2.45) is 0 Å². The van der Waals surface area contributed by atoms with Gasteiger partial charge in [-0.25, -0.2) is 13.4 Å². The highest BCUT2D eigenvalue weighted by Gasteiger charge is 2.38. The molecule has 3 aromatic heterocycles. The minimum atomic E-state index is -3.34. The van der Waals surface area contributed by atoms with Crippen LogP contribution in [0, 0.1) is 0 Å². The summed E-state index contributed by atoms with van der Waals surface area (Å²) in [6, 6.07) is 47.2. The molecule has 5 aromatic carbocycles. The molecule has 0 atom stereocenters. The molecule has 0 spiro atoms. The summed E-state index contributed by atoms with van der Waals surface area (Å²) in [6.07, 6.45) is 10.1. The number of aromatic nitrogens is 6. The lowest BCUT2D eigenvalue weighted by molar-refractivity contribution is 0.513. The number of aryl methyl sites for hydroxylation is 1. The zero-order valence-electron chi connectivity index (χ0n) is 29.5. The second-order valence-corrected chi connectivity index (χ2v) is 15.5. The SMILES string of the molecule is CS(=O)(=O)c1cccc(Cc2nnc(Cc3c[nH]c4ccccc34)n2CCCc2cn(C(c3ccccc3)(c3ccccc3)c3ccccc3)cn2)c1. The lowest BCUT2D eigenvalue weighted by atomic mass is 9.77. The molecule has 0 amide bonds. The topological polar surface area (TPSA) is 98.5 Å². The van der Waals surface area contributed by atoms with Crippen molar-refractivity contribution in [3.05, 3.63) is 203 Å². The number of nitrogens with zero attached hydrogens (tertiary/aromatic N) is 5. The molecule has 53 heavy (non-hydrogen) atoms. The van der Waals surface area contributed by atoms with E-state index in [0.29, 0.717) is 24.3 Å². The molecule has 0 aliphatic heterocycles. The fourth-order valence-corrected chi connectivity index (χ4v) is 8.18. The summed E-state index contributed by atoms with van der Waals surface area (Å²) in [7, 11) is -3.34. The second-order valence-electron chi connectivity index (χ2n) is 13.5. The lowest BCUT2D eigenvalue weighted by Gasteiger charge is -2.37. The van der Waals surface area contributed by atoms with Crippen LogP contribution in [-0.4, -0.2) is 44.0 Å². The fraction of sp³-hybridized carbons (Fsp3) is 0.159. The molecule has 8 nitrogen and oxygen atoms in total. The van der Waals surface area contributed by atoms with Gasteiger partial charge in [-0.15, -0.1) is 10.2 Å². The first-order valence-corrected chi connectivity index (χ1v) is 19.7. The highest BCUT2D eigenvalue weighted by molar-refractivity contribution is 7.90. The van der Waals surface area contributed by atoms with Gasteiger partial charge in [0.2, 0.25) is 0 Å². The van der Waals surface area contributed by atoms with Crippen LogP contribution in [0.1, 0.15) is 51.6 Å². The van der Waals surface area contributed by atoms with Crippen LogP contribution >= 0.6 is 0 Å². The monoisotopic (exact) mass is 716 g/mol. The zero-order chi connectivity index (χ0) is 36.3. The second kappa shape index (κ2) is 14.5. The molecule has 0 aliphatic carbocycles. The van der Waals surface area contributed by atoms with E-state index in [2.05, 4.69) is 134 Å². The first-order chi connectivity index (χ1) is 25.9. The number of nitrogens with one attached hydrogen (secondary N) is 1. The first-order valence-electron chi connectivity index (χ1n) is 17.8. The van der Waals surface area contributed by atoms with E-state index < -0.39 is 15.4 Å². The van der Waals surface area contributed by atoms with Crippen molar-refractivity contribution in [2.45, 2.75) is 42.7 Å². The van der Waals surface area contributed by atoms with Crippen LogP contribution in [0.15, 0.2) is 163 Å². The summed E-state index contributed by atoms with van der Waals surface area (Å²) in [6.45, 7) is 0.680. The Labute approximate surface area is 309 Å². The van der Waals surface area contributed by atoms with Crippen LogP contribution in [0.4, 0.5) is 0 Å². The van der Waals surface area contributed by atoms with E-state index in [4.69, 9.17) is 4.98 Å². The van der Waals surface area contributed by atoms with Gasteiger partial charge in [-0.3, -0.25) is 0 Å². The summed E-state index contributed by atoms with van der Waals surface area (Å²) in [5.41, 5.74) is 6.93. The predicted octanol–water partition coefficient (Wildman–Crippen LogP) is 8.01. The maximum absolute atomic E-state index is 12.3. The molecule has 1 N–H and O–H groups in total. The van der Waals surface area contributed by atoms with E-state index in [1.807, 2.05) is 30.7 Å². The van der Waals surface area contributed by atoms with Crippen molar-refractivity contribution < 1.29 is 8.42 Å². The smallest absolute Gasteiger partial charge is 0.175 e. The van der Waals surface area contributed by atoms with Crippen LogP contribution in [0.5, 0.6) is 0 Å². The van der Waals surface area contributed by atoms with Gasteiger partial charge in [0.1, 0.15) is 17.2 Å². The van der Waals surface area contributed by atoms with E-state index in [0.717, 1.165) is 68.9 Å². The number of hydrogen-bond acceptors (Lipinski definition) is 5. The van der Waals surface area contributed by atoms with Crippen molar-refractivity contribution in [3.63, 3.8) is 0 Å². The minimum Gasteiger partial charge on any atom is -0.361 e. The minimum absolute atomic E-state index is 0.299. The summed E-state index contributed by atoms with van der Waals surface area (Å²) in [5, 5.41) is 10.5. The number of benzene rings is 5. The largest absolute Gasteiger partial charge is 0.361 e. The highest BCUT2D eigenvalue weighted by Crippen LogP contribution is 2.40. The van der Waals surface area contributed by atoms with Crippen molar-refractivity contribution in [3.8, 4) is 0 Å². The van der Waals surface area contributed by atoms with Gasteiger partial charge >= 0.3 is 0 Å². The van der Waals surface area contributed by atoms with Crippen LogP contribution in [0.2, 0.25) is 0 Å². The van der Waals surface area contributed by atoms with Gasteiger partial charge in [-0.05, 0) is 58.9 Å². The normalized spacial score (nSPS) is 12.0. The third kappa shape index (κ3) is 6.83. The molecule has 9 heteroatoms. The van der Waals surface area contributed by atoms with Gasteiger partial charge in [0.25, 0.3) is 0 Å². The molecule has 0 unspecified atom stereocenters. The van der Waals surface area contributed by atoms with E-state index in [1.165, 1.54) is 6.26 Å². The average Bonchev–Trinajstić information content (AvgIpc) is 3.93. The van der Waals surface area contributed by atoms with Crippen molar-refractivity contribution in [2.75, 3.05) is 6.26 Å². The number of para-hydroxylation sites is 1. The molecule has 0 saturated carbocycles. The van der Waals surface area contributed by atoms with E-state index >= 15 is 0 Å². The summed E-state index contributed by atoms with van der Waals surface area (Å²) >= 11 is 0. The average molecular weight is 717 g/mol. The molecule has 264 valence electrons. The number of fused-ring (bicyclic) bond motifs is 1. The first kappa shape index (κ1) is 34.0. The number of aromatic amines is 1. The Morgan fingerprint density at radius 1 is 0.698 bits per heavy atom. The highest BCUT2D eigenvalue weighted by atomic mass is 32.2. The Morgan fingerprint density at radius 3 is 1.94 bits per heavy atom. The van der Waals surface area contributed by atoms with E-state index in [9.17, 15) is 8.42 Å². The lowest BCUT2D eigenvalue weighted by Crippen LogP contribution is -2.36. The van der Waals surface area contributed by atoms with E-state index in [-0.39, 0.29) is 0 Å². The third-order valence-corrected chi connectivity index (χ3v) is 11.1. The Morgan fingerprint density at radius 2 is 1.30 bits per heavy atom. The third-order valence-electron chi connectivity index (χ3n) is 10.0. The van der Waals surface area contributed by atoms with Gasteiger partial charge in [0.05, 0.1) is 16.9 Å². The summed E-state index contributed by atoms with van der Waals surface area (Å²) in [5.74, 6) is 1.66. The van der Waals surface area contributed by atoms with Crippen LogP contribution in [0.25, 0.3) is 10.9 Å². The molecule has 0 saturated heterocycles. The fourth-order valence-electron chi connectivity index (χ4n) is 7.49. The molecule has 8 aromatic rings.